The summed E-state index contributed by atoms with van der Waals surface area (Å²) in [4.78, 5) is 16.2. The Morgan fingerprint density at radius 2 is 1.94 bits per heavy atom. The second-order valence-electron chi connectivity index (χ2n) is 4.52. The number of amides is 1. The predicted molar refractivity (Wildman–Crippen MR) is 76.7 cm³/mol. The molecule has 1 amide bonds. The van der Waals surface area contributed by atoms with E-state index in [-0.39, 0.29) is 5.91 Å². The second kappa shape index (κ2) is 6.20. The first-order chi connectivity index (χ1) is 8.66. The van der Waals surface area contributed by atoms with Gasteiger partial charge in [-0.15, -0.1) is 0 Å². The molecule has 1 N–H and O–H groups in total. The Bertz CT molecular complexity index is 416. The molecule has 0 spiro atoms. The molecular formula is C13H18BrN3O. The number of para-hydroxylation sites is 1. The summed E-state index contributed by atoms with van der Waals surface area (Å²) in [5.41, 5.74) is 0.958. The molecule has 98 valence electrons. The van der Waals surface area contributed by atoms with Gasteiger partial charge in [-0.2, -0.15) is 0 Å². The van der Waals surface area contributed by atoms with E-state index in [4.69, 9.17) is 0 Å². The minimum absolute atomic E-state index is 0.166. The fourth-order valence-corrected chi connectivity index (χ4v) is 2.37. The lowest BCUT2D eigenvalue weighted by atomic mass is 10.3. The van der Waals surface area contributed by atoms with Crippen LogP contribution in [-0.2, 0) is 4.79 Å². The zero-order valence-electron chi connectivity index (χ0n) is 10.5. The quantitative estimate of drug-likeness (QED) is 0.921. The molecule has 1 aliphatic heterocycles. The van der Waals surface area contributed by atoms with Crippen LogP contribution >= 0.6 is 15.9 Å². The highest BCUT2D eigenvalue weighted by Crippen LogP contribution is 2.20. The second-order valence-corrected chi connectivity index (χ2v) is 5.37. The summed E-state index contributed by atoms with van der Waals surface area (Å²) in [6.45, 7) is 3.92. The molecule has 5 heteroatoms. The third-order valence-electron chi connectivity index (χ3n) is 3.16. The van der Waals surface area contributed by atoms with Crippen molar-refractivity contribution in [1.82, 2.24) is 9.80 Å². The highest BCUT2D eigenvalue weighted by atomic mass is 79.9. The maximum absolute atomic E-state index is 12.0. The van der Waals surface area contributed by atoms with E-state index >= 15 is 0 Å². The Hall–Kier alpha value is -1.07. The van der Waals surface area contributed by atoms with Crippen molar-refractivity contribution in [1.29, 1.82) is 0 Å². The van der Waals surface area contributed by atoms with Crippen molar-refractivity contribution < 1.29 is 4.79 Å². The molecular weight excluding hydrogens is 294 g/mol. The van der Waals surface area contributed by atoms with Crippen molar-refractivity contribution in [3.8, 4) is 0 Å². The lowest BCUT2D eigenvalue weighted by Crippen LogP contribution is -2.48. The van der Waals surface area contributed by atoms with Crippen LogP contribution < -0.4 is 5.32 Å². The summed E-state index contributed by atoms with van der Waals surface area (Å²) in [6.07, 6.45) is 0. The molecule has 0 unspecified atom stereocenters. The fraction of sp³-hybridized carbons (Fsp3) is 0.462. The van der Waals surface area contributed by atoms with Gasteiger partial charge in [0.15, 0.2) is 0 Å². The molecule has 1 aromatic carbocycles. The van der Waals surface area contributed by atoms with E-state index in [1.165, 1.54) is 0 Å². The molecule has 1 saturated heterocycles. The number of halogens is 1. The number of carbonyl (C=O) groups excluding carboxylic acids is 1. The van der Waals surface area contributed by atoms with Crippen LogP contribution in [-0.4, -0.2) is 55.5 Å². The smallest absolute Gasteiger partial charge is 0.241 e. The topological polar surface area (TPSA) is 35.6 Å². The zero-order chi connectivity index (χ0) is 13.0. The van der Waals surface area contributed by atoms with Crippen LogP contribution in [0, 0.1) is 0 Å². The molecule has 0 bridgehead atoms. The van der Waals surface area contributed by atoms with Crippen LogP contribution in [0.5, 0.6) is 0 Å². The first-order valence-electron chi connectivity index (χ1n) is 6.11. The molecule has 0 aromatic heterocycles. The van der Waals surface area contributed by atoms with Crippen molar-refractivity contribution in [3.63, 3.8) is 0 Å². The average molecular weight is 312 g/mol. The van der Waals surface area contributed by atoms with E-state index in [1.54, 1.807) is 0 Å². The Balaban J connectivity index is 1.83. The van der Waals surface area contributed by atoms with Crippen LogP contribution in [0.1, 0.15) is 0 Å². The lowest BCUT2D eigenvalue weighted by molar-refractivity contribution is -0.130. The van der Waals surface area contributed by atoms with Gasteiger partial charge in [0.1, 0.15) is 0 Å². The summed E-state index contributed by atoms with van der Waals surface area (Å²) >= 11 is 3.46. The number of benzene rings is 1. The van der Waals surface area contributed by atoms with Gasteiger partial charge in [-0.3, -0.25) is 4.79 Å². The molecule has 0 aliphatic carbocycles. The summed E-state index contributed by atoms with van der Waals surface area (Å²) in [5.74, 6) is 0.166. The minimum atomic E-state index is 0.166. The summed E-state index contributed by atoms with van der Waals surface area (Å²) < 4.78 is 0.983. The van der Waals surface area contributed by atoms with Crippen molar-refractivity contribution in [3.05, 3.63) is 28.7 Å². The van der Waals surface area contributed by atoms with Crippen LogP contribution in [0.2, 0.25) is 0 Å². The average Bonchev–Trinajstić information content (AvgIpc) is 2.38. The molecule has 0 radical (unpaired) electrons. The predicted octanol–water partition coefficient (Wildman–Crippen LogP) is 1.63. The van der Waals surface area contributed by atoms with Crippen molar-refractivity contribution in [2.45, 2.75) is 0 Å². The Morgan fingerprint density at radius 3 is 2.61 bits per heavy atom. The SMILES string of the molecule is CN1CCN(C(=O)CNc2ccccc2Br)CC1. The highest BCUT2D eigenvalue weighted by Gasteiger charge is 2.18. The van der Waals surface area contributed by atoms with Gasteiger partial charge in [-0.05, 0) is 35.1 Å². The van der Waals surface area contributed by atoms with Crippen molar-refractivity contribution >= 4 is 27.5 Å². The van der Waals surface area contributed by atoms with Gasteiger partial charge < -0.3 is 15.1 Å². The van der Waals surface area contributed by atoms with E-state index in [9.17, 15) is 4.79 Å². The number of hydrogen-bond acceptors (Lipinski definition) is 3. The van der Waals surface area contributed by atoms with Gasteiger partial charge >= 0.3 is 0 Å². The van der Waals surface area contributed by atoms with E-state index < -0.39 is 0 Å². The van der Waals surface area contributed by atoms with Crippen molar-refractivity contribution in [2.75, 3.05) is 45.1 Å². The minimum Gasteiger partial charge on any atom is -0.375 e. The zero-order valence-corrected chi connectivity index (χ0v) is 12.1. The monoisotopic (exact) mass is 311 g/mol. The highest BCUT2D eigenvalue weighted by molar-refractivity contribution is 9.10. The number of hydrogen-bond donors (Lipinski definition) is 1. The van der Waals surface area contributed by atoms with E-state index in [0.717, 1.165) is 36.3 Å². The van der Waals surface area contributed by atoms with Crippen LogP contribution in [0.4, 0.5) is 5.69 Å². The Labute approximate surface area is 116 Å². The van der Waals surface area contributed by atoms with Crippen LogP contribution in [0.3, 0.4) is 0 Å². The third kappa shape index (κ3) is 3.46. The van der Waals surface area contributed by atoms with Gasteiger partial charge in [0.2, 0.25) is 5.91 Å². The largest absolute Gasteiger partial charge is 0.375 e. The van der Waals surface area contributed by atoms with Crippen LogP contribution in [0.15, 0.2) is 28.7 Å². The fourth-order valence-electron chi connectivity index (χ4n) is 1.94. The van der Waals surface area contributed by atoms with E-state index in [2.05, 4.69) is 33.2 Å². The number of nitrogens with one attached hydrogen (secondary N) is 1. The van der Waals surface area contributed by atoms with E-state index in [0.29, 0.717) is 6.54 Å². The summed E-state index contributed by atoms with van der Waals surface area (Å²) in [7, 11) is 2.08. The standard InChI is InChI=1S/C13H18BrN3O/c1-16-6-8-17(9-7-16)13(18)10-15-12-5-3-2-4-11(12)14/h2-5,15H,6-10H2,1H3. The third-order valence-corrected chi connectivity index (χ3v) is 3.85. The maximum Gasteiger partial charge on any atom is 0.241 e. The number of nitrogens with zero attached hydrogens (tertiary/aromatic N) is 2. The lowest BCUT2D eigenvalue weighted by Gasteiger charge is -2.32. The molecule has 1 aromatic rings. The van der Waals surface area contributed by atoms with Gasteiger partial charge in [0.05, 0.1) is 6.54 Å². The first-order valence-corrected chi connectivity index (χ1v) is 6.91. The molecule has 1 heterocycles. The van der Waals surface area contributed by atoms with Gasteiger partial charge in [0, 0.05) is 36.3 Å². The van der Waals surface area contributed by atoms with Gasteiger partial charge in [0.25, 0.3) is 0 Å². The number of rotatable bonds is 3. The van der Waals surface area contributed by atoms with Gasteiger partial charge in [-0.1, -0.05) is 12.1 Å². The van der Waals surface area contributed by atoms with Gasteiger partial charge in [-0.25, -0.2) is 0 Å². The van der Waals surface area contributed by atoms with Crippen molar-refractivity contribution in [2.24, 2.45) is 0 Å². The summed E-state index contributed by atoms with van der Waals surface area (Å²) in [6, 6.07) is 7.83. The number of likely N-dealkylation sites (N-methyl/N-ethyl adjacent to an activating group) is 1. The first kappa shape index (κ1) is 13.4. The molecule has 0 saturated carbocycles. The molecule has 1 aliphatic rings. The molecule has 18 heavy (non-hydrogen) atoms. The Morgan fingerprint density at radius 1 is 1.28 bits per heavy atom. The summed E-state index contributed by atoms with van der Waals surface area (Å²) in [5, 5.41) is 3.17. The number of anilines is 1. The molecule has 2 rings (SSSR count). The normalized spacial score (nSPS) is 16.7. The Kier molecular flexibility index (Phi) is 4.60. The van der Waals surface area contributed by atoms with Crippen LogP contribution in [0.25, 0.3) is 0 Å². The number of piperazine rings is 1. The number of carbonyl (C=O) groups is 1. The maximum atomic E-state index is 12.0. The van der Waals surface area contributed by atoms with E-state index in [1.807, 2.05) is 29.2 Å². The molecule has 0 atom stereocenters. The molecule has 4 nitrogen and oxygen atoms in total. The molecule has 1 fully saturated rings.